The molecule has 4 nitrogen and oxygen atoms in total. The van der Waals surface area contributed by atoms with E-state index in [1.54, 1.807) is 18.1 Å². The fraction of sp³-hybridized carbons (Fsp3) is 0.500. The number of ether oxygens (including phenoxy) is 1. The van der Waals surface area contributed by atoms with Crippen LogP contribution in [0, 0.1) is 0 Å². The summed E-state index contributed by atoms with van der Waals surface area (Å²) < 4.78 is 5.52. The second-order valence-electron chi connectivity index (χ2n) is 3.95. The van der Waals surface area contributed by atoms with Gasteiger partial charge in [0, 0.05) is 13.5 Å². The van der Waals surface area contributed by atoms with Gasteiger partial charge in [-0.3, -0.25) is 9.69 Å². The van der Waals surface area contributed by atoms with Gasteiger partial charge >= 0.3 is 0 Å². The molecule has 1 amide bonds. The number of anilines is 1. The predicted molar refractivity (Wildman–Crippen MR) is 61.8 cm³/mol. The Labute approximate surface area is 95.2 Å². The first-order valence-electron chi connectivity index (χ1n) is 5.60. The molecule has 0 bridgehead atoms. The standard InChI is InChI=1S/C12H16N2O2/c1-3-6-16-10-7-9-4-5-11(15)14(2)12(9)13-8-10/h7-8H,3-6H2,1-2H3. The van der Waals surface area contributed by atoms with Crippen molar-refractivity contribution in [2.75, 3.05) is 18.6 Å². The molecule has 0 unspecified atom stereocenters. The highest BCUT2D eigenvalue weighted by Crippen LogP contribution is 2.27. The van der Waals surface area contributed by atoms with Crippen molar-refractivity contribution in [2.45, 2.75) is 26.2 Å². The molecule has 0 saturated heterocycles. The van der Waals surface area contributed by atoms with Crippen LogP contribution in [0.2, 0.25) is 0 Å². The van der Waals surface area contributed by atoms with Crippen LogP contribution in [0.15, 0.2) is 12.3 Å². The number of hydrogen-bond donors (Lipinski definition) is 0. The molecule has 2 rings (SSSR count). The van der Waals surface area contributed by atoms with Gasteiger partial charge in [-0.2, -0.15) is 0 Å². The van der Waals surface area contributed by atoms with Gasteiger partial charge in [-0.25, -0.2) is 4.98 Å². The summed E-state index contributed by atoms with van der Waals surface area (Å²) in [5.74, 6) is 1.69. The molecular formula is C12H16N2O2. The maximum absolute atomic E-state index is 11.5. The minimum absolute atomic E-state index is 0.127. The van der Waals surface area contributed by atoms with Crippen molar-refractivity contribution in [1.29, 1.82) is 0 Å². The molecule has 1 aliphatic rings. The summed E-state index contributed by atoms with van der Waals surface area (Å²) in [5, 5.41) is 0. The molecule has 0 saturated carbocycles. The highest BCUT2D eigenvalue weighted by molar-refractivity contribution is 5.94. The first kappa shape index (κ1) is 10.9. The van der Waals surface area contributed by atoms with E-state index >= 15 is 0 Å². The van der Waals surface area contributed by atoms with Crippen molar-refractivity contribution in [3.63, 3.8) is 0 Å². The summed E-state index contributed by atoms with van der Waals surface area (Å²) in [6.07, 6.45) is 3.98. The Morgan fingerprint density at radius 1 is 1.50 bits per heavy atom. The Hall–Kier alpha value is -1.58. The fourth-order valence-electron chi connectivity index (χ4n) is 1.79. The van der Waals surface area contributed by atoms with E-state index in [0.717, 1.165) is 30.0 Å². The summed E-state index contributed by atoms with van der Waals surface area (Å²) in [4.78, 5) is 17.4. The van der Waals surface area contributed by atoms with Crippen LogP contribution in [0.25, 0.3) is 0 Å². The lowest BCUT2D eigenvalue weighted by atomic mass is 10.1. The van der Waals surface area contributed by atoms with Crippen LogP contribution in [0.3, 0.4) is 0 Å². The number of hydrogen-bond acceptors (Lipinski definition) is 3. The molecule has 1 aliphatic heterocycles. The van der Waals surface area contributed by atoms with Crippen molar-refractivity contribution >= 4 is 11.7 Å². The Morgan fingerprint density at radius 2 is 2.31 bits per heavy atom. The number of amides is 1. The third-order valence-corrected chi connectivity index (χ3v) is 2.69. The van der Waals surface area contributed by atoms with Crippen molar-refractivity contribution in [2.24, 2.45) is 0 Å². The molecular weight excluding hydrogens is 204 g/mol. The Balaban J connectivity index is 2.23. The maximum Gasteiger partial charge on any atom is 0.228 e. The average Bonchev–Trinajstić information content (AvgIpc) is 2.31. The van der Waals surface area contributed by atoms with Crippen molar-refractivity contribution < 1.29 is 9.53 Å². The Bertz CT molecular complexity index is 404. The molecule has 16 heavy (non-hydrogen) atoms. The number of carbonyl (C=O) groups is 1. The van der Waals surface area contributed by atoms with E-state index in [1.165, 1.54) is 0 Å². The lowest BCUT2D eigenvalue weighted by Gasteiger charge is -2.24. The number of carbonyl (C=O) groups excluding carboxylic acids is 1. The molecule has 1 aromatic rings. The normalized spacial score (nSPS) is 14.9. The third-order valence-electron chi connectivity index (χ3n) is 2.69. The SMILES string of the molecule is CCCOc1cnc2c(c1)CCC(=O)N2C. The third kappa shape index (κ3) is 2.01. The van der Waals surface area contributed by atoms with Gasteiger partial charge in [0.15, 0.2) is 0 Å². The van der Waals surface area contributed by atoms with Gasteiger partial charge in [-0.15, -0.1) is 0 Å². The Kier molecular flexibility index (Phi) is 3.08. The summed E-state index contributed by atoms with van der Waals surface area (Å²) in [5.41, 5.74) is 1.09. The predicted octanol–water partition coefficient (Wildman–Crippen LogP) is 1.78. The fourth-order valence-corrected chi connectivity index (χ4v) is 1.79. The van der Waals surface area contributed by atoms with E-state index in [2.05, 4.69) is 11.9 Å². The van der Waals surface area contributed by atoms with Gasteiger partial charge in [0.2, 0.25) is 5.91 Å². The monoisotopic (exact) mass is 220 g/mol. The largest absolute Gasteiger partial charge is 0.492 e. The number of nitrogens with zero attached hydrogens (tertiary/aromatic N) is 2. The van der Waals surface area contributed by atoms with E-state index in [-0.39, 0.29) is 5.91 Å². The van der Waals surface area contributed by atoms with E-state index in [1.807, 2.05) is 6.07 Å². The molecule has 2 heterocycles. The van der Waals surface area contributed by atoms with Gasteiger partial charge in [0.1, 0.15) is 11.6 Å². The maximum atomic E-state index is 11.5. The smallest absolute Gasteiger partial charge is 0.228 e. The van der Waals surface area contributed by atoms with Gasteiger partial charge in [0.25, 0.3) is 0 Å². The second-order valence-corrected chi connectivity index (χ2v) is 3.95. The summed E-state index contributed by atoms with van der Waals surface area (Å²) in [7, 11) is 1.76. The molecule has 0 spiro atoms. The molecule has 1 aromatic heterocycles. The lowest BCUT2D eigenvalue weighted by Crippen LogP contribution is -2.31. The molecule has 4 heteroatoms. The topological polar surface area (TPSA) is 42.4 Å². The number of pyridine rings is 1. The minimum atomic E-state index is 0.127. The number of aryl methyl sites for hydroxylation is 1. The highest BCUT2D eigenvalue weighted by atomic mass is 16.5. The van der Waals surface area contributed by atoms with E-state index in [4.69, 9.17) is 4.74 Å². The molecule has 0 atom stereocenters. The number of fused-ring (bicyclic) bond motifs is 1. The average molecular weight is 220 g/mol. The van der Waals surface area contributed by atoms with Gasteiger partial charge in [-0.1, -0.05) is 6.92 Å². The quantitative estimate of drug-likeness (QED) is 0.779. The van der Waals surface area contributed by atoms with Gasteiger partial charge < -0.3 is 4.74 Å². The van der Waals surface area contributed by atoms with E-state index in [0.29, 0.717) is 13.0 Å². The van der Waals surface area contributed by atoms with Crippen molar-refractivity contribution in [3.8, 4) is 5.75 Å². The zero-order chi connectivity index (χ0) is 11.5. The van der Waals surface area contributed by atoms with Crippen LogP contribution in [0.5, 0.6) is 5.75 Å². The van der Waals surface area contributed by atoms with Crippen LogP contribution in [0.4, 0.5) is 5.82 Å². The zero-order valence-electron chi connectivity index (χ0n) is 9.69. The minimum Gasteiger partial charge on any atom is -0.492 e. The van der Waals surface area contributed by atoms with Gasteiger partial charge in [0.05, 0.1) is 12.8 Å². The van der Waals surface area contributed by atoms with Gasteiger partial charge in [-0.05, 0) is 24.5 Å². The van der Waals surface area contributed by atoms with E-state index in [9.17, 15) is 4.79 Å². The first-order chi connectivity index (χ1) is 7.72. The highest BCUT2D eigenvalue weighted by Gasteiger charge is 2.22. The van der Waals surface area contributed by atoms with Crippen molar-refractivity contribution in [3.05, 3.63) is 17.8 Å². The molecule has 0 fully saturated rings. The summed E-state index contributed by atoms with van der Waals surface area (Å²) in [6, 6.07) is 1.99. The number of aromatic nitrogens is 1. The molecule has 86 valence electrons. The summed E-state index contributed by atoms with van der Waals surface area (Å²) >= 11 is 0. The zero-order valence-corrected chi connectivity index (χ0v) is 9.69. The van der Waals surface area contributed by atoms with Crippen LogP contribution in [-0.2, 0) is 11.2 Å². The second kappa shape index (κ2) is 4.51. The first-order valence-corrected chi connectivity index (χ1v) is 5.60. The van der Waals surface area contributed by atoms with E-state index < -0.39 is 0 Å². The molecule has 0 radical (unpaired) electrons. The van der Waals surface area contributed by atoms with Crippen LogP contribution >= 0.6 is 0 Å². The van der Waals surface area contributed by atoms with Crippen LogP contribution in [0.1, 0.15) is 25.3 Å². The molecule has 0 aliphatic carbocycles. The van der Waals surface area contributed by atoms with Crippen LogP contribution < -0.4 is 9.64 Å². The molecule has 0 aromatic carbocycles. The van der Waals surface area contributed by atoms with Crippen LogP contribution in [-0.4, -0.2) is 24.5 Å². The Morgan fingerprint density at radius 3 is 3.06 bits per heavy atom. The summed E-state index contributed by atoms with van der Waals surface area (Å²) in [6.45, 7) is 2.77. The lowest BCUT2D eigenvalue weighted by molar-refractivity contribution is -0.118. The number of rotatable bonds is 3. The molecule has 0 N–H and O–H groups in total. The van der Waals surface area contributed by atoms with Crippen molar-refractivity contribution in [1.82, 2.24) is 4.98 Å².